The molecule has 0 spiro atoms. The van der Waals surface area contributed by atoms with Crippen LogP contribution >= 0.6 is 0 Å². The molecule has 1 amide bonds. The molecular formula is C19H20N2O2. The zero-order chi connectivity index (χ0) is 16.7. The van der Waals surface area contributed by atoms with E-state index in [0.717, 1.165) is 29.0 Å². The number of benzene rings is 2. The number of hydrogen-bond acceptors (Lipinski definition) is 3. The third kappa shape index (κ3) is 5.15. The first-order chi connectivity index (χ1) is 11.1. The minimum atomic E-state index is -0.234. The lowest BCUT2D eigenvalue weighted by atomic mass is 10.1. The lowest BCUT2D eigenvalue weighted by Crippen LogP contribution is -2.24. The summed E-state index contributed by atoms with van der Waals surface area (Å²) in [5, 5.41) is 11.1. The molecule has 2 aromatic carbocycles. The van der Waals surface area contributed by atoms with Crippen LogP contribution in [0.1, 0.15) is 23.1 Å². The summed E-state index contributed by atoms with van der Waals surface area (Å²) in [5.41, 5.74) is 3.42. The van der Waals surface area contributed by atoms with Crippen molar-refractivity contribution in [2.75, 3.05) is 6.54 Å². The fraction of sp³-hybridized carbons (Fsp3) is 0.263. The number of carbonyl (C=O) groups excluding carboxylic acids is 1. The SMILES string of the molecule is Cc1ccc(Oc2ccc(CCNC(=O)CC#N)cc2)c(C)c1. The summed E-state index contributed by atoms with van der Waals surface area (Å²) < 4.78 is 5.89. The zero-order valence-corrected chi connectivity index (χ0v) is 13.4. The van der Waals surface area contributed by atoms with Crippen molar-refractivity contribution in [3.05, 3.63) is 59.2 Å². The smallest absolute Gasteiger partial charge is 0.234 e. The van der Waals surface area contributed by atoms with E-state index in [4.69, 9.17) is 10.00 Å². The molecule has 0 saturated heterocycles. The fourth-order valence-electron chi connectivity index (χ4n) is 2.25. The van der Waals surface area contributed by atoms with Gasteiger partial charge in [-0.05, 0) is 49.6 Å². The summed E-state index contributed by atoms with van der Waals surface area (Å²) in [5.74, 6) is 1.41. The number of nitrogens with one attached hydrogen (secondary N) is 1. The van der Waals surface area contributed by atoms with Gasteiger partial charge in [0.15, 0.2) is 0 Å². The molecule has 4 heteroatoms. The Kier molecular flexibility index (Phi) is 5.76. The van der Waals surface area contributed by atoms with Gasteiger partial charge in [0.1, 0.15) is 17.9 Å². The van der Waals surface area contributed by atoms with Gasteiger partial charge in [-0.15, -0.1) is 0 Å². The second kappa shape index (κ2) is 8.00. The Morgan fingerprint density at radius 3 is 2.57 bits per heavy atom. The molecule has 1 N–H and O–H groups in total. The molecule has 0 atom stereocenters. The van der Waals surface area contributed by atoms with E-state index in [1.807, 2.05) is 49.4 Å². The molecule has 0 heterocycles. The first-order valence-electron chi connectivity index (χ1n) is 7.56. The van der Waals surface area contributed by atoms with Crippen LogP contribution in [0.3, 0.4) is 0 Å². The summed E-state index contributed by atoms with van der Waals surface area (Å²) in [6, 6.07) is 15.7. The Morgan fingerprint density at radius 2 is 1.91 bits per heavy atom. The fourth-order valence-corrected chi connectivity index (χ4v) is 2.25. The second-order valence-electron chi connectivity index (χ2n) is 5.45. The molecule has 2 aromatic rings. The van der Waals surface area contributed by atoms with Crippen molar-refractivity contribution in [3.63, 3.8) is 0 Å². The van der Waals surface area contributed by atoms with Crippen molar-refractivity contribution in [1.82, 2.24) is 5.32 Å². The van der Waals surface area contributed by atoms with Crippen molar-refractivity contribution in [1.29, 1.82) is 5.26 Å². The van der Waals surface area contributed by atoms with Crippen LogP contribution in [0.15, 0.2) is 42.5 Å². The Morgan fingerprint density at radius 1 is 1.17 bits per heavy atom. The van der Waals surface area contributed by atoms with E-state index in [1.165, 1.54) is 5.56 Å². The molecule has 0 fully saturated rings. The van der Waals surface area contributed by atoms with Gasteiger partial charge in [0.05, 0.1) is 6.07 Å². The highest BCUT2D eigenvalue weighted by atomic mass is 16.5. The predicted molar refractivity (Wildman–Crippen MR) is 89.4 cm³/mol. The van der Waals surface area contributed by atoms with E-state index in [0.29, 0.717) is 6.54 Å². The van der Waals surface area contributed by atoms with Crippen molar-refractivity contribution in [3.8, 4) is 17.6 Å². The van der Waals surface area contributed by atoms with Crippen LogP contribution in [0.2, 0.25) is 0 Å². The van der Waals surface area contributed by atoms with Gasteiger partial charge in [0, 0.05) is 6.54 Å². The van der Waals surface area contributed by atoms with Gasteiger partial charge in [-0.3, -0.25) is 4.79 Å². The van der Waals surface area contributed by atoms with E-state index in [2.05, 4.69) is 18.3 Å². The van der Waals surface area contributed by atoms with E-state index < -0.39 is 0 Å². The van der Waals surface area contributed by atoms with Crippen LogP contribution in [-0.4, -0.2) is 12.5 Å². The normalized spacial score (nSPS) is 9.96. The highest BCUT2D eigenvalue weighted by Gasteiger charge is 2.03. The molecule has 0 bridgehead atoms. The maximum atomic E-state index is 11.2. The molecule has 118 valence electrons. The molecule has 0 aliphatic heterocycles. The third-order valence-electron chi connectivity index (χ3n) is 3.46. The summed E-state index contributed by atoms with van der Waals surface area (Å²) in [4.78, 5) is 11.2. The number of amides is 1. The average molecular weight is 308 g/mol. The quantitative estimate of drug-likeness (QED) is 0.885. The van der Waals surface area contributed by atoms with Crippen molar-refractivity contribution in [2.24, 2.45) is 0 Å². The van der Waals surface area contributed by atoms with Crippen molar-refractivity contribution in [2.45, 2.75) is 26.7 Å². The Hall–Kier alpha value is -2.80. The zero-order valence-electron chi connectivity index (χ0n) is 13.4. The van der Waals surface area contributed by atoms with E-state index >= 15 is 0 Å². The number of aryl methyl sites for hydroxylation is 2. The lowest BCUT2D eigenvalue weighted by Gasteiger charge is -2.10. The van der Waals surface area contributed by atoms with Crippen molar-refractivity contribution < 1.29 is 9.53 Å². The molecule has 0 unspecified atom stereocenters. The third-order valence-corrected chi connectivity index (χ3v) is 3.46. The van der Waals surface area contributed by atoms with Gasteiger partial charge < -0.3 is 10.1 Å². The maximum Gasteiger partial charge on any atom is 0.234 e. The number of rotatable bonds is 6. The number of hydrogen-bond donors (Lipinski definition) is 1. The van der Waals surface area contributed by atoms with Gasteiger partial charge in [-0.1, -0.05) is 29.8 Å². The van der Waals surface area contributed by atoms with Gasteiger partial charge in [0.25, 0.3) is 0 Å². The molecule has 0 radical (unpaired) electrons. The number of carbonyl (C=O) groups is 1. The van der Waals surface area contributed by atoms with Crippen molar-refractivity contribution >= 4 is 5.91 Å². The molecule has 0 aliphatic rings. The standard InChI is InChI=1S/C19H20N2O2/c1-14-3-8-18(15(2)13-14)23-17-6-4-16(5-7-17)10-12-21-19(22)9-11-20/h3-8,13H,9-10,12H2,1-2H3,(H,21,22). The lowest BCUT2D eigenvalue weighted by molar-refractivity contribution is -0.120. The molecule has 0 saturated carbocycles. The Bertz CT molecular complexity index is 715. The number of nitriles is 1. The summed E-state index contributed by atoms with van der Waals surface area (Å²) >= 11 is 0. The van der Waals surface area contributed by atoms with Gasteiger partial charge in [-0.2, -0.15) is 5.26 Å². The maximum absolute atomic E-state index is 11.2. The predicted octanol–water partition coefficient (Wildman–Crippen LogP) is 3.67. The Balaban J connectivity index is 1.89. The summed E-state index contributed by atoms with van der Waals surface area (Å²) in [6.07, 6.45) is 0.629. The van der Waals surface area contributed by atoms with Crippen LogP contribution in [-0.2, 0) is 11.2 Å². The van der Waals surface area contributed by atoms with Gasteiger partial charge in [-0.25, -0.2) is 0 Å². The van der Waals surface area contributed by atoms with Gasteiger partial charge >= 0.3 is 0 Å². The largest absolute Gasteiger partial charge is 0.457 e. The van der Waals surface area contributed by atoms with Crippen LogP contribution in [0.25, 0.3) is 0 Å². The van der Waals surface area contributed by atoms with Crippen LogP contribution in [0.5, 0.6) is 11.5 Å². The van der Waals surface area contributed by atoms with E-state index in [-0.39, 0.29) is 12.3 Å². The average Bonchev–Trinajstić information content (AvgIpc) is 2.52. The Labute approximate surface area is 136 Å². The summed E-state index contributed by atoms with van der Waals surface area (Å²) in [7, 11) is 0. The highest BCUT2D eigenvalue weighted by Crippen LogP contribution is 2.25. The van der Waals surface area contributed by atoms with Crippen LogP contribution in [0.4, 0.5) is 0 Å². The molecule has 23 heavy (non-hydrogen) atoms. The molecule has 0 aromatic heterocycles. The monoisotopic (exact) mass is 308 g/mol. The molecule has 4 nitrogen and oxygen atoms in total. The minimum absolute atomic E-state index is 0.0946. The van der Waals surface area contributed by atoms with Crippen LogP contribution in [0, 0.1) is 25.2 Å². The molecular weight excluding hydrogens is 288 g/mol. The van der Waals surface area contributed by atoms with Crippen LogP contribution < -0.4 is 10.1 Å². The van der Waals surface area contributed by atoms with E-state index in [9.17, 15) is 4.79 Å². The second-order valence-corrected chi connectivity index (χ2v) is 5.45. The number of ether oxygens (including phenoxy) is 1. The molecule has 2 rings (SSSR count). The van der Waals surface area contributed by atoms with Gasteiger partial charge in [0.2, 0.25) is 5.91 Å². The topological polar surface area (TPSA) is 62.1 Å². The first-order valence-corrected chi connectivity index (χ1v) is 7.56. The van der Waals surface area contributed by atoms with E-state index in [1.54, 1.807) is 0 Å². The number of nitrogens with zero attached hydrogens (tertiary/aromatic N) is 1. The summed E-state index contributed by atoms with van der Waals surface area (Å²) in [6.45, 7) is 4.61. The first kappa shape index (κ1) is 16.6. The minimum Gasteiger partial charge on any atom is -0.457 e. The molecule has 0 aliphatic carbocycles. The highest BCUT2D eigenvalue weighted by molar-refractivity contribution is 5.77.